The molecule has 0 bridgehead atoms. The minimum atomic E-state index is -0.287. The molecule has 0 saturated carbocycles. The minimum absolute atomic E-state index is 0.0453. The molecule has 1 unspecified atom stereocenters. The largest absolute Gasteiger partial charge is 0.497 e. The van der Waals surface area contributed by atoms with Gasteiger partial charge >= 0.3 is 0 Å². The van der Waals surface area contributed by atoms with E-state index < -0.39 is 0 Å². The fourth-order valence-electron chi connectivity index (χ4n) is 4.16. The average Bonchev–Trinajstić information content (AvgIpc) is 2.82. The highest BCUT2D eigenvalue weighted by atomic mass is 19.1. The first kappa shape index (κ1) is 26.2. The Morgan fingerprint density at radius 2 is 1.63 bits per heavy atom. The van der Waals surface area contributed by atoms with Crippen molar-refractivity contribution in [1.29, 1.82) is 0 Å². The molecular weight excluding hydrogens is 439 g/mol. The van der Waals surface area contributed by atoms with Crippen molar-refractivity contribution in [2.75, 3.05) is 7.11 Å². The summed E-state index contributed by atoms with van der Waals surface area (Å²) >= 11 is 0. The molecule has 3 aromatic rings. The van der Waals surface area contributed by atoms with Crippen molar-refractivity contribution < 1.29 is 18.7 Å². The second-order valence-electron chi connectivity index (χ2n) is 9.94. The number of Topliss-reactive ketones (excluding diaryl/α,β-unsaturated/α-hetero) is 1. The molecule has 0 aliphatic heterocycles. The molecule has 0 amide bonds. The fourth-order valence-corrected chi connectivity index (χ4v) is 4.16. The second kappa shape index (κ2) is 11.4. The van der Waals surface area contributed by atoms with E-state index >= 15 is 0 Å². The first-order chi connectivity index (χ1) is 16.6. The highest BCUT2D eigenvalue weighted by molar-refractivity contribution is 5.78. The van der Waals surface area contributed by atoms with Crippen molar-refractivity contribution in [2.24, 2.45) is 5.92 Å². The van der Waals surface area contributed by atoms with Gasteiger partial charge in [-0.2, -0.15) is 0 Å². The lowest BCUT2D eigenvalue weighted by molar-refractivity contribution is -0.120. The number of hydrogen-bond acceptors (Lipinski definition) is 3. The molecule has 0 N–H and O–H groups in total. The second-order valence-corrected chi connectivity index (χ2v) is 9.94. The number of methoxy groups -OCH3 is 1. The van der Waals surface area contributed by atoms with Crippen molar-refractivity contribution in [3.05, 3.63) is 95.8 Å². The van der Waals surface area contributed by atoms with Crippen molar-refractivity contribution in [3.8, 4) is 22.6 Å². The first-order valence-corrected chi connectivity index (χ1v) is 11.9. The van der Waals surface area contributed by atoms with Crippen LogP contribution in [-0.4, -0.2) is 12.9 Å². The van der Waals surface area contributed by atoms with E-state index in [1.165, 1.54) is 6.07 Å². The summed E-state index contributed by atoms with van der Waals surface area (Å²) in [5.41, 5.74) is 4.27. The lowest BCUT2D eigenvalue weighted by atomic mass is 9.81. The van der Waals surface area contributed by atoms with Gasteiger partial charge in [0.25, 0.3) is 0 Å². The summed E-state index contributed by atoms with van der Waals surface area (Å²) in [6, 6.07) is 18.7. The van der Waals surface area contributed by atoms with Gasteiger partial charge in [-0.3, -0.25) is 4.79 Å². The molecule has 0 heterocycles. The van der Waals surface area contributed by atoms with E-state index in [1.54, 1.807) is 32.2 Å². The highest BCUT2D eigenvalue weighted by Gasteiger charge is 2.21. The molecule has 3 rings (SSSR count). The van der Waals surface area contributed by atoms with Crippen molar-refractivity contribution in [3.63, 3.8) is 0 Å². The number of halogens is 1. The van der Waals surface area contributed by atoms with Crippen molar-refractivity contribution >= 4 is 5.78 Å². The van der Waals surface area contributed by atoms with Crippen LogP contribution in [0.5, 0.6) is 11.5 Å². The number of rotatable bonds is 10. The van der Waals surface area contributed by atoms with Gasteiger partial charge in [0.2, 0.25) is 0 Å². The summed E-state index contributed by atoms with van der Waals surface area (Å²) in [6.07, 6.45) is 3.15. The summed E-state index contributed by atoms with van der Waals surface area (Å²) < 4.78 is 26.2. The zero-order valence-corrected chi connectivity index (χ0v) is 21.4. The molecular formula is C31H35FO3. The molecule has 0 radical (unpaired) electrons. The Morgan fingerprint density at radius 3 is 2.23 bits per heavy atom. The third kappa shape index (κ3) is 6.82. The minimum Gasteiger partial charge on any atom is -0.497 e. The van der Waals surface area contributed by atoms with Crippen LogP contribution in [0.2, 0.25) is 0 Å². The van der Waals surface area contributed by atoms with Gasteiger partial charge in [-0.25, -0.2) is 4.39 Å². The Balaban J connectivity index is 1.81. The zero-order chi connectivity index (χ0) is 25.6. The van der Waals surface area contributed by atoms with Gasteiger partial charge < -0.3 is 9.47 Å². The average molecular weight is 475 g/mol. The van der Waals surface area contributed by atoms with Gasteiger partial charge in [-0.15, -0.1) is 6.58 Å². The van der Waals surface area contributed by atoms with Crippen LogP contribution in [0.15, 0.2) is 73.3 Å². The molecule has 0 saturated heterocycles. The predicted octanol–water partition coefficient (Wildman–Crippen LogP) is 7.70. The topological polar surface area (TPSA) is 35.5 Å². The van der Waals surface area contributed by atoms with E-state index in [9.17, 15) is 9.18 Å². The maximum atomic E-state index is 14.9. The molecule has 0 fully saturated rings. The van der Waals surface area contributed by atoms with Crippen LogP contribution in [0.4, 0.5) is 4.39 Å². The SMILES string of the molecule is C=CCC(Cc1ccc(OCc2ccc(C(C)(C)C)c(-c3cc(OC)ccc3F)c2)cc1)C(C)=O. The Kier molecular flexibility index (Phi) is 8.50. The van der Waals surface area contributed by atoms with E-state index in [0.717, 1.165) is 28.0 Å². The predicted molar refractivity (Wildman–Crippen MR) is 141 cm³/mol. The van der Waals surface area contributed by atoms with Gasteiger partial charge in [-0.05, 0) is 83.8 Å². The summed E-state index contributed by atoms with van der Waals surface area (Å²) in [7, 11) is 1.58. The van der Waals surface area contributed by atoms with E-state index in [0.29, 0.717) is 30.8 Å². The van der Waals surface area contributed by atoms with Gasteiger partial charge in [0.05, 0.1) is 7.11 Å². The van der Waals surface area contributed by atoms with E-state index in [-0.39, 0.29) is 22.9 Å². The van der Waals surface area contributed by atoms with Crippen LogP contribution >= 0.6 is 0 Å². The van der Waals surface area contributed by atoms with Crippen LogP contribution in [0.25, 0.3) is 11.1 Å². The van der Waals surface area contributed by atoms with Gasteiger partial charge in [0.1, 0.15) is 29.7 Å². The van der Waals surface area contributed by atoms with E-state index in [4.69, 9.17) is 9.47 Å². The summed E-state index contributed by atoms with van der Waals surface area (Å²) in [4.78, 5) is 11.8. The highest BCUT2D eigenvalue weighted by Crippen LogP contribution is 2.36. The maximum absolute atomic E-state index is 14.9. The van der Waals surface area contributed by atoms with Crippen LogP contribution in [0.3, 0.4) is 0 Å². The number of carbonyl (C=O) groups is 1. The Bertz CT molecular complexity index is 1170. The lowest BCUT2D eigenvalue weighted by Crippen LogP contribution is -2.13. The molecule has 0 aromatic heterocycles. The van der Waals surface area contributed by atoms with Crippen molar-refractivity contribution in [1.82, 2.24) is 0 Å². The third-order valence-corrected chi connectivity index (χ3v) is 6.19. The number of hydrogen-bond donors (Lipinski definition) is 0. The summed E-state index contributed by atoms with van der Waals surface area (Å²) in [5.74, 6) is 1.20. The number of ketones is 1. The molecule has 35 heavy (non-hydrogen) atoms. The molecule has 0 aliphatic rings. The number of allylic oxidation sites excluding steroid dienone is 1. The molecule has 4 heteroatoms. The third-order valence-electron chi connectivity index (χ3n) is 6.19. The monoisotopic (exact) mass is 474 g/mol. The summed E-state index contributed by atoms with van der Waals surface area (Å²) in [6.45, 7) is 12.1. The normalized spacial score (nSPS) is 12.2. The Morgan fingerprint density at radius 1 is 0.971 bits per heavy atom. The van der Waals surface area contributed by atoms with Gasteiger partial charge in [0.15, 0.2) is 0 Å². The lowest BCUT2D eigenvalue weighted by Gasteiger charge is -2.24. The summed E-state index contributed by atoms with van der Waals surface area (Å²) in [5, 5.41) is 0. The van der Waals surface area contributed by atoms with Crippen molar-refractivity contribution in [2.45, 2.75) is 52.6 Å². The van der Waals surface area contributed by atoms with E-state index in [2.05, 4.69) is 33.4 Å². The van der Waals surface area contributed by atoms with Gasteiger partial charge in [0, 0.05) is 11.5 Å². The smallest absolute Gasteiger partial charge is 0.133 e. The fraction of sp³-hybridized carbons (Fsp3) is 0.323. The zero-order valence-electron chi connectivity index (χ0n) is 21.4. The molecule has 0 aliphatic carbocycles. The quantitative estimate of drug-likeness (QED) is 0.282. The first-order valence-electron chi connectivity index (χ1n) is 11.9. The van der Waals surface area contributed by atoms with Crippen LogP contribution in [-0.2, 0) is 23.2 Å². The Hall–Kier alpha value is -3.40. The van der Waals surface area contributed by atoms with Gasteiger partial charge in [-0.1, -0.05) is 51.1 Å². The number of benzene rings is 3. The van der Waals surface area contributed by atoms with Crippen LogP contribution < -0.4 is 9.47 Å². The molecule has 0 spiro atoms. The maximum Gasteiger partial charge on any atom is 0.133 e. The standard InChI is InChI=1S/C31H35FO3/c1-7-8-24(21(2)33)17-22-9-12-25(13-10-22)35-20-23-11-15-29(31(3,4)5)27(18-23)28-19-26(34-6)14-16-30(28)32/h7,9-16,18-19,24H,1,8,17,20H2,2-6H3. The molecule has 3 nitrogen and oxygen atoms in total. The van der Waals surface area contributed by atoms with Crippen LogP contribution in [0.1, 0.15) is 50.8 Å². The number of ether oxygens (including phenoxy) is 2. The molecule has 1 atom stereocenters. The Labute approximate surface area is 208 Å². The molecule has 184 valence electrons. The molecule has 3 aromatic carbocycles. The van der Waals surface area contributed by atoms with E-state index in [1.807, 2.05) is 36.4 Å². The number of carbonyl (C=O) groups excluding carboxylic acids is 1. The van der Waals surface area contributed by atoms with Crippen LogP contribution in [0, 0.1) is 11.7 Å².